The molecule has 4 aromatic rings. The topological polar surface area (TPSA) is 53.4 Å². The normalized spacial score (nSPS) is 13.1. The third-order valence-electron chi connectivity index (χ3n) is 5.21. The number of rotatable bonds is 4. The number of halogens is 1. The Morgan fingerprint density at radius 2 is 1.94 bits per heavy atom. The molecule has 0 amide bonds. The number of hydrogen-bond donors (Lipinski definition) is 0. The lowest BCUT2D eigenvalue weighted by Gasteiger charge is -2.21. The van der Waals surface area contributed by atoms with Gasteiger partial charge in [0.25, 0.3) is 5.56 Å². The molecule has 0 unspecified atom stereocenters. The summed E-state index contributed by atoms with van der Waals surface area (Å²) in [6.07, 6.45) is 0. The van der Waals surface area contributed by atoms with Gasteiger partial charge in [0.1, 0.15) is 5.75 Å². The molecule has 1 aromatic heterocycles. The quantitative estimate of drug-likeness (QED) is 0.303. The Balaban J connectivity index is 1.62. The summed E-state index contributed by atoms with van der Waals surface area (Å²) in [5.74, 6) is 1.35. The first-order chi connectivity index (χ1) is 15.1. The number of para-hydroxylation sites is 2. The van der Waals surface area contributed by atoms with Crippen molar-refractivity contribution in [3.05, 3.63) is 92.7 Å². The molecule has 0 saturated heterocycles. The van der Waals surface area contributed by atoms with Crippen LogP contribution in [-0.2, 0) is 17.1 Å². The Hall–Kier alpha value is -2.80. The minimum Gasteiger partial charge on any atom is -0.467 e. The molecule has 0 aliphatic carbocycles. The standard InChI is InChI=1S/C24H19ClN2O3S/c1-15-6-2-5-9-21(15)27-23(28)19-7-3-4-8-20(19)26-24(27)31-13-17-11-18(25)10-16-12-29-14-30-22(16)17/h2-11H,12-14H2,1H3. The molecule has 156 valence electrons. The molecule has 31 heavy (non-hydrogen) atoms. The predicted octanol–water partition coefficient (Wildman–Crippen LogP) is 5.51. The highest BCUT2D eigenvalue weighted by Gasteiger charge is 2.19. The Bertz CT molecular complexity index is 1350. The lowest BCUT2D eigenvalue weighted by atomic mass is 10.1. The molecule has 5 nitrogen and oxygen atoms in total. The Morgan fingerprint density at radius 3 is 2.81 bits per heavy atom. The van der Waals surface area contributed by atoms with E-state index in [1.165, 1.54) is 11.8 Å². The molecule has 5 rings (SSSR count). The molecule has 1 aliphatic heterocycles. The average molecular weight is 451 g/mol. The Morgan fingerprint density at radius 1 is 1.13 bits per heavy atom. The van der Waals surface area contributed by atoms with E-state index in [2.05, 4.69) is 0 Å². The van der Waals surface area contributed by atoms with Gasteiger partial charge in [0.2, 0.25) is 0 Å². The van der Waals surface area contributed by atoms with Gasteiger partial charge >= 0.3 is 0 Å². The summed E-state index contributed by atoms with van der Waals surface area (Å²) in [5, 5.41) is 1.85. The smallest absolute Gasteiger partial charge is 0.266 e. The van der Waals surface area contributed by atoms with Crippen LogP contribution in [0, 0.1) is 6.92 Å². The van der Waals surface area contributed by atoms with Crippen molar-refractivity contribution in [3.63, 3.8) is 0 Å². The lowest BCUT2D eigenvalue weighted by molar-refractivity contribution is -0.0168. The van der Waals surface area contributed by atoms with E-state index in [1.54, 1.807) is 4.57 Å². The fourth-order valence-electron chi connectivity index (χ4n) is 3.74. The van der Waals surface area contributed by atoms with Gasteiger partial charge in [0.05, 0.1) is 23.2 Å². The Labute approximate surface area is 188 Å². The van der Waals surface area contributed by atoms with Gasteiger partial charge in [-0.15, -0.1) is 0 Å². The van der Waals surface area contributed by atoms with E-state index in [1.807, 2.05) is 67.6 Å². The zero-order valence-corrected chi connectivity index (χ0v) is 18.4. The van der Waals surface area contributed by atoms with Crippen LogP contribution < -0.4 is 10.3 Å². The van der Waals surface area contributed by atoms with Crippen LogP contribution in [0.25, 0.3) is 16.6 Å². The molecular formula is C24H19ClN2O3S. The van der Waals surface area contributed by atoms with Crippen LogP contribution in [0.15, 0.2) is 70.6 Å². The van der Waals surface area contributed by atoms with Gasteiger partial charge in [-0.3, -0.25) is 9.36 Å². The van der Waals surface area contributed by atoms with Gasteiger partial charge in [-0.05, 0) is 42.8 Å². The van der Waals surface area contributed by atoms with E-state index < -0.39 is 0 Å². The van der Waals surface area contributed by atoms with Crippen molar-refractivity contribution in [3.8, 4) is 11.4 Å². The highest BCUT2D eigenvalue weighted by Crippen LogP contribution is 2.35. The fourth-order valence-corrected chi connectivity index (χ4v) is 4.98. The first-order valence-electron chi connectivity index (χ1n) is 9.84. The van der Waals surface area contributed by atoms with E-state index in [9.17, 15) is 4.79 Å². The Kier molecular flexibility index (Phi) is 5.44. The zero-order valence-electron chi connectivity index (χ0n) is 16.8. The zero-order chi connectivity index (χ0) is 21.4. The number of nitrogens with zero attached hydrogens (tertiary/aromatic N) is 2. The fraction of sp³-hybridized carbons (Fsp3) is 0.167. The van der Waals surface area contributed by atoms with Gasteiger partial charge < -0.3 is 9.47 Å². The van der Waals surface area contributed by atoms with Crippen molar-refractivity contribution in [1.29, 1.82) is 0 Å². The van der Waals surface area contributed by atoms with E-state index in [4.69, 9.17) is 26.1 Å². The van der Waals surface area contributed by atoms with Crippen molar-refractivity contribution in [2.75, 3.05) is 6.79 Å². The highest BCUT2D eigenvalue weighted by atomic mass is 35.5. The maximum Gasteiger partial charge on any atom is 0.266 e. The second-order valence-corrected chi connectivity index (χ2v) is 8.67. The summed E-state index contributed by atoms with van der Waals surface area (Å²) < 4.78 is 12.8. The number of benzene rings is 3. The molecule has 0 bridgehead atoms. The molecular weight excluding hydrogens is 432 g/mol. The summed E-state index contributed by atoms with van der Waals surface area (Å²) >= 11 is 7.81. The number of thioether (sulfide) groups is 1. The van der Waals surface area contributed by atoms with E-state index in [0.717, 1.165) is 28.1 Å². The molecule has 3 aromatic carbocycles. The number of aryl methyl sites for hydroxylation is 1. The van der Waals surface area contributed by atoms with E-state index in [0.29, 0.717) is 33.4 Å². The molecule has 0 atom stereocenters. The SMILES string of the molecule is Cc1ccccc1-n1c(SCc2cc(Cl)cc3c2OCOC3)nc2ccccc2c1=O. The predicted molar refractivity (Wildman–Crippen MR) is 123 cm³/mol. The largest absolute Gasteiger partial charge is 0.467 e. The summed E-state index contributed by atoms with van der Waals surface area (Å²) in [6.45, 7) is 2.68. The van der Waals surface area contributed by atoms with Crippen LogP contribution in [0.5, 0.6) is 5.75 Å². The minimum absolute atomic E-state index is 0.0832. The summed E-state index contributed by atoms with van der Waals surface area (Å²) in [6, 6.07) is 19.0. The molecule has 0 N–H and O–H groups in total. The second kappa shape index (κ2) is 8.38. The summed E-state index contributed by atoms with van der Waals surface area (Å²) in [7, 11) is 0. The van der Waals surface area contributed by atoms with Crippen molar-refractivity contribution >= 4 is 34.3 Å². The molecule has 1 aliphatic rings. The molecule has 2 heterocycles. The first-order valence-corrected chi connectivity index (χ1v) is 11.2. The van der Waals surface area contributed by atoms with Gasteiger partial charge in [-0.1, -0.05) is 53.7 Å². The lowest BCUT2D eigenvalue weighted by Crippen LogP contribution is -2.22. The summed E-state index contributed by atoms with van der Waals surface area (Å²) in [5.41, 5.74) is 4.31. The van der Waals surface area contributed by atoms with Crippen LogP contribution in [0.3, 0.4) is 0 Å². The van der Waals surface area contributed by atoms with Crippen molar-refractivity contribution < 1.29 is 9.47 Å². The minimum atomic E-state index is -0.0832. The number of aromatic nitrogens is 2. The van der Waals surface area contributed by atoms with Crippen LogP contribution >= 0.6 is 23.4 Å². The molecule has 0 saturated carbocycles. The maximum absolute atomic E-state index is 13.4. The summed E-state index contributed by atoms with van der Waals surface area (Å²) in [4.78, 5) is 18.3. The first kappa shape index (κ1) is 20.1. The van der Waals surface area contributed by atoms with Crippen molar-refractivity contribution in [2.24, 2.45) is 0 Å². The molecule has 7 heteroatoms. The number of hydrogen-bond acceptors (Lipinski definition) is 5. The third-order valence-corrected chi connectivity index (χ3v) is 6.42. The van der Waals surface area contributed by atoms with Crippen LogP contribution in [0.1, 0.15) is 16.7 Å². The monoisotopic (exact) mass is 450 g/mol. The maximum atomic E-state index is 13.4. The van der Waals surface area contributed by atoms with Crippen molar-refractivity contribution in [1.82, 2.24) is 9.55 Å². The van der Waals surface area contributed by atoms with E-state index >= 15 is 0 Å². The highest BCUT2D eigenvalue weighted by molar-refractivity contribution is 7.98. The van der Waals surface area contributed by atoms with E-state index in [-0.39, 0.29) is 12.4 Å². The molecule has 0 radical (unpaired) electrons. The van der Waals surface area contributed by atoms with Gasteiger partial charge in [0, 0.05) is 21.9 Å². The van der Waals surface area contributed by atoms with Crippen LogP contribution in [0.2, 0.25) is 5.02 Å². The average Bonchev–Trinajstić information content (AvgIpc) is 2.78. The molecule has 0 fully saturated rings. The van der Waals surface area contributed by atoms with Gasteiger partial charge in [0.15, 0.2) is 11.9 Å². The number of fused-ring (bicyclic) bond motifs is 2. The molecule has 0 spiro atoms. The van der Waals surface area contributed by atoms with Crippen LogP contribution in [-0.4, -0.2) is 16.3 Å². The second-order valence-electron chi connectivity index (χ2n) is 7.29. The van der Waals surface area contributed by atoms with Gasteiger partial charge in [-0.25, -0.2) is 4.98 Å². The third kappa shape index (κ3) is 3.82. The van der Waals surface area contributed by atoms with Crippen molar-refractivity contribution in [2.45, 2.75) is 24.4 Å². The van der Waals surface area contributed by atoms with Gasteiger partial charge in [-0.2, -0.15) is 0 Å². The van der Waals surface area contributed by atoms with Crippen LogP contribution in [0.4, 0.5) is 0 Å². The number of ether oxygens (including phenoxy) is 2.